The van der Waals surface area contributed by atoms with Crippen LogP contribution < -0.4 is 11.1 Å². The summed E-state index contributed by atoms with van der Waals surface area (Å²) in [6, 6.07) is 12.3. The molecule has 0 bridgehead atoms. The quantitative estimate of drug-likeness (QED) is 0.667. The lowest BCUT2D eigenvalue weighted by molar-refractivity contribution is 0.867. The first-order valence-electron chi connectivity index (χ1n) is 7.55. The van der Waals surface area contributed by atoms with Crippen LogP contribution in [0.4, 0.5) is 5.69 Å². The number of aryl methyl sites for hydroxylation is 2. The normalized spacial score (nSPS) is 11.8. The Hall–Kier alpha value is -2.36. The summed E-state index contributed by atoms with van der Waals surface area (Å²) in [4.78, 5) is 8.85. The number of nitrogens with zero attached hydrogens (tertiary/aromatic N) is 2. The Morgan fingerprint density at radius 2 is 2.00 bits per heavy atom. The standard InChI is InChI=1S/C18H24N4/c1-12(2)15-6-5-7-16(10-15)22-18(19)20-11-17-9-8-13(3)14(4)21-17/h5-10,12H,11H2,1-4H3,(H3,19,20,22). The number of nitrogens with two attached hydrogens (primary N) is 1. The number of nitrogens with one attached hydrogen (secondary N) is 1. The first-order valence-corrected chi connectivity index (χ1v) is 7.55. The average Bonchev–Trinajstić information content (AvgIpc) is 2.49. The average molecular weight is 296 g/mol. The minimum Gasteiger partial charge on any atom is -0.370 e. The Morgan fingerprint density at radius 1 is 1.23 bits per heavy atom. The third-order valence-electron chi connectivity index (χ3n) is 3.64. The van der Waals surface area contributed by atoms with E-state index >= 15 is 0 Å². The summed E-state index contributed by atoms with van der Waals surface area (Å²) in [6.45, 7) is 8.86. The van der Waals surface area contributed by atoms with Gasteiger partial charge in [0.1, 0.15) is 0 Å². The highest BCUT2D eigenvalue weighted by molar-refractivity contribution is 5.92. The molecule has 0 aliphatic carbocycles. The van der Waals surface area contributed by atoms with Gasteiger partial charge in [-0.05, 0) is 49.1 Å². The van der Waals surface area contributed by atoms with E-state index in [9.17, 15) is 0 Å². The molecule has 0 atom stereocenters. The van der Waals surface area contributed by atoms with Crippen molar-refractivity contribution < 1.29 is 0 Å². The first-order chi connectivity index (χ1) is 10.5. The molecule has 3 N–H and O–H groups in total. The molecule has 2 aromatic rings. The summed E-state index contributed by atoms with van der Waals surface area (Å²) in [6.07, 6.45) is 0. The molecule has 0 spiro atoms. The molecule has 0 aliphatic rings. The van der Waals surface area contributed by atoms with Crippen molar-refractivity contribution in [3.8, 4) is 0 Å². The zero-order chi connectivity index (χ0) is 16.1. The summed E-state index contributed by atoms with van der Waals surface area (Å²) < 4.78 is 0. The van der Waals surface area contributed by atoms with Gasteiger partial charge < -0.3 is 11.1 Å². The van der Waals surface area contributed by atoms with Crippen molar-refractivity contribution in [2.75, 3.05) is 5.32 Å². The van der Waals surface area contributed by atoms with Gasteiger partial charge in [0, 0.05) is 11.4 Å². The summed E-state index contributed by atoms with van der Waals surface area (Å²) >= 11 is 0. The minimum absolute atomic E-state index is 0.404. The molecule has 0 aliphatic heterocycles. The van der Waals surface area contributed by atoms with Gasteiger partial charge in [-0.25, -0.2) is 4.99 Å². The number of guanidine groups is 1. The number of benzene rings is 1. The van der Waals surface area contributed by atoms with Crippen molar-refractivity contribution in [3.63, 3.8) is 0 Å². The predicted molar refractivity (Wildman–Crippen MR) is 93.2 cm³/mol. The lowest BCUT2D eigenvalue weighted by atomic mass is 10.0. The molecular formula is C18H24N4. The second-order valence-corrected chi connectivity index (χ2v) is 5.81. The third kappa shape index (κ3) is 4.32. The van der Waals surface area contributed by atoms with Crippen molar-refractivity contribution in [2.45, 2.75) is 40.2 Å². The molecule has 1 heterocycles. The van der Waals surface area contributed by atoms with Crippen LogP contribution in [0.1, 0.15) is 42.3 Å². The molecule has 1 aromatic heterocycles. The van der Waals surface area contributed by atoms with E-state index in [0.717, 1.165) is 17.1 Å². The number of hydrogen-bond acceptors (Lipinski definition) is 2. The van der Waals surface area contributed by atoms with E-state index in [4.69, 9.17) is 5.73 Å². The second kappa shape index (κ2) is 7.07. The first kappa shape index (κ1) is 16.0. The highest BCUT2D eigenvalue weighted by Gasteiger charge is 2.02. The number of anilines is 1. The minimum atomic E-state index is 0.404. The maximum Gasteiger partial charge on any atom is 0.193 e. The Balaban J connectivity index is 2.03. The zero-order valence-corrected chi connectivity index (χ0v) is 13.7. The van der Waals surface area contributed by atoms with Gasteiger partial charge in [-0.3, -0.25) is 4.98 Å². The Labute approximate surface area is 132 Å². The van der Waals surface area contributed by atoms with Crippen molar-refractivity contribution in [2.24, 2.45) is 10.7 Å². The van der Waals surface area contributed by atoms with Crippen LogP contribution in [0, 0.1) is 13.8 Å². The van der Waals surface area contributed by atoms with Crippen LogP contribution in [0.25, 0.3) is 0 Å². The summed E-state index contributed by atoms with van der Waals surface area (Å²) in [5, 5.41) is 3.13. The maximum absolute atomic E-state index is 5.96. The van der Waals surface area contributed by atoms with Gasteiger partial charge in [-0.2, -0.15) is 0 Å². The number of pyridine rings is 1. The molecule has 0 unspecified atom stereocenters. The molecule has 4 nitrogen and oxygen atoms in total. The van der Waals surface area contributed by atoms with Gasteiger partial charge >= 0.3 is 0 Å². The maximum atomic E-state index is 5.96. The predicted octanol–water partition coefficient (Wildman–Crippen LogP) is 3.75. The molecule has 0 saturated heterocycles. The largest absolute Gasteiger partial charge is 0.370 e. The Bertz CT molecular complexity index is 675. The smallest absolute Gasteiger partial charge is 0.193 e. The zero-order valence-electron chi connectivity index (χ0n) is 13.7. The molecular weight excluding hydrogens is 272 g/mol. The molecule has 0 amide bonds. The van der Waals surface area contributed by atoms with Crippen LogP contribution in [-0.2, 0) is 6.54 Å². The molecule has 116 valence electrons. The summed E-state index contributed by atoms with van der Waals surface area (Å²) in [5.41, 5.74) is 11.3. The monoisotopic (exact) mass is 296 g/mol. The van der Waals surface area contributed by atoms with Crippen molar-refractivity contribution in [3.05, 3.63) is 58.9 Å². The van der Waals surface area contributed by atoms with Gasteiger partial charge in [0.2, 0.25) is 0 Å². The lowest BCUT2D eigenvalue weighted by Crippen LogP contribution is -2.22. The van der Waals surface area contributed by atoms with Crippen LogP contribution >= 0.6 is 0 Å². The molecule has 2 rings (SSSR count). The fourth-order valence-corrected chi connectivity index (χ4v) is 2.10. The van der Waals surface area contributed by atoms with Crippen LogP contribution in [0.5, 0.6) is 0 Å². The van der Waals surface area contributed by atoms with Gasteiger partial charge in [0.25, 0.3) is 0 Å². The molecule has 22 heavy (non-hydrogen) atoms. The Morgan fingerprint density at radius 3 is 2.68 bits per heavy atom. The van der Waals surface area contributed by atoms with Gasteiger partial charge in [0.15, 0.2) is 5.96 Å². The topological polar surface area (TPSA) is 63.3 Å². The third-order valence-corrected chi connectivity index (χ3v) is 3.64. The number of rotatable bonds is 4. The number of hydrogen-bond donors (Lipinski definition) is 2. The van der Waals surface area contributed by atoms with E-state index < -0.39 is 0 Å². The second-order valence-electron chi connectivity index (χ2n) is 5.81. The highest BCUT2D eigenvalue weighted by Crippen LogP contribution is 2.18. The van der Waals surface area contributed by atoms with Crippen LogP contribution in [0.3, 0.4) is 0 Å². The van der Waals surface area contributed by atoms with Crippen LogP contribution in [-0.4, -0.2) is 10.9 Å². The van der Waals surface area contributed by atoms with E-state index in [2.05, 4.69) is 47.3 Å². The molecule has 0 saturated carbocycles. The van der Waals surface area contributed by atoms with E-state index in [1.54, 1.807) is 0 Å². The SMILES string of the molecule is Cc1ccc(CN=C(N)Nc2cccc(C(C)C)c2)nc1C. The number of aromatic nitrogens is 1. The summed E-state index contributed by atoms with van der Waals surface area (Å²) in [7, 11) is 0. The van der Waals surface area contributed by atoms with Gasteiger partial charge in [0.05, 0.1) is 12.2 Å². The van der Waals surface area contributed by atoms with Crippen molar-refractivity contribution in [1.82, 2.24) is 4.98 Å². The summed E-state index contributed by atoms with van der Waals surface area (Å²) in [5.74, 6) is 0.889. The fraction of sp³-hybridized carbons (Fsp3) is 0.333. The highest BCUT2D eigenvalue weighted by atomic mass is 15.1. The molecule has 0 radical (unpaired) electrons. The van der Waals surface area contributed by atoms with Gasteiger partial charge in [-0.1, -0.05) is 32.0 Å². The van der Waals surface area contributed by atoms with Crippen molar-refractivity contribution >= 4 is 11.6 Å². The van der Waals surface area contributed by atoms with Gasteiger partial charge in [-0.15, -0.1) is 0 Å². The molecule has 1 aromatic carbocycles. The van der Waals surface area contributed by atoms with E-state index in [1.807, 2.05) is 32.0 Å². The molecule has 0 fully saturated rings. The fourth-order valence-electron chi connectivity index (χ4n) is 2.10. The van der Waals surface area contributed by atoms with E-state index in [0.29, 0.717) is 18.4 Å². The Kier molecular flexibility index (Phi) is 5.15. The van der Waals surface area contributed by atoms with Crippen LogP contribution in [0.15, 0.2) is 41.4 Å². The lowest BCUT2D eigenvalue weighted by Gasteiger charge is -2.10. The molecule has 4 heteroatoms. The number of aliphatic imine (C=N–C) groups is 1. The van der Waals surface area contributed by atoms with Crippen LogP contribution in [0.2, 0.25) is 0 Å². The van der Waals surface area contributed by atoms with E-state index in [-0.39, 0.29) is 0 Å². The van der Waals surface area contributed by atoms with Crippen molar-refractivity contribution in [1.29, 1.82) is 0 Å². The van der Waals surface area contributed by atoms with E-state index in [1.165, 1.54) is 11.1 Å².